The van der Waals surface area contributed by atoms with Gasteiger partial charge in [-0.25, -0.2) is 0 Å². The molecule has 0 bridgehead atoms. The molecule has 0 aromatic carbocycles. The summed E-state index contributed by atoms with van der Waals surface area (Å²) in [5.41, 5.74) is 15.9. The third kappa shape index (κ3) is 30.0. The molecule has 8 aliphatic rings. The maximum atomic E-state index is 5.46. The van der Waals surface area contributed by atoms with Crippen LogP contribution in [-0.4, -0.2) is 269 Å². The van der Waals surface area contributed by atoms with Crippen molar-refractivity contribution in [3.8, 4) is 0 Å². The standard InChI is InChI=1S/C18H29N3.C17H27N3O.C16H25N3.C15H25N3O.C14H23N3.C13H22N2/c1-15(2)16-12-18(14-19-13-16)21-10-6-17(7-11-21)20-8-4-3-5-9-20;1-14(2)15-11-17(13-18-12-15)19-5-3-16(4-6-19)20-7-9-21-10-8-20;1-13(2)15-9-16(11-17-10-15)19-7-5-18(6-8-19)12-14-3-4-14;1-13(2)14-10-15(12-16-11-14)18-6-4-17(5-7-18)8-9-19-3;1-4-16-5-7-17(8-6-16)14-9-13(12(2)3)10-15-11-14;1-11(2)13-8-12(9-14-10-13)6-5-7-15(3)4/h12-15,17H,3-11H2,1-2H3;11-14,16H,3-10H2,1-2H3;9-11,13-14H,3-8,12H2,1-2H3;10-13H,4-9H2,1-3H3;9-12H,4-8H2,1-3H3;8-11H,5-7H2,1-4H3. The predicted octanol–water partition coefficient (Wildman–Crippen LogP) is 15.9. The summed E-state index contributed by atoms with van der Waals surface area (Å²) in [5, 5.41) is 0. The summed E-state index contributed by atoms with van der Waals surface area (Å²) in [7, 11) is 5.99. The van der Waals surface area contributed by atoms with Crippen molar-refractivity contribution >= 4 is 28.4 Å². The quantitative estimate of drug-likeness (QED) is 0.0602. The fourth-order valence-corrected chi connectivity index (χ4v) is 16.1. The molecule has 19 nitrogen and oxygen atoms in total. The summed E-state index contributed by atoms with van der Waals surface area (Å²) in [6, 6.07) is 15.4. The van der Waals surface area contributed by atoms with Crippen LogP contribution < -0.4 is 24.5 Å². The number of anilines is 5. The molecule has 0 unspecified atom stereocenters. The van der Waals surface area contributed by atoms with E-state index in [-0.39, 0.29) is 0 Å². The SMILES string of the molecule is CC(C)c1cncc(CCCN(C)C)c1.CC(C)c1cncc(N2CCC(N3CCCCC3)CC2)c1.CC(C)c1cncc(N2CCC(N3CCOCC3)CC2)c1.CC(C)c1cncc(N2CCN(CC3CC3)CC2)c1.CCN1CCN(c2cncc(C(C)C)c2)CC1.COCCN1CCN(c2cncc(C(C)C)c2)CC1. The van der Waals surface area contributed by atoms with Gasteiger partial charge < -0.3 is 48.7 Å². The number of ether oxygens (including phenoxy) is 2. The van der Waals surface area contributed by atoms with Gasteiger partial charge in [-0.3, -0.25) is 44.6 Å². The van der Waals surface area contributed by atoms with Crippen molar-refractivity contribution in [2.24, 2.45) is 5.92 Å². The summed E-state index contributed by atoms with van der Waals surface area (Å²) in [6.07, 6.45) is 38.6. The van der Waals surface area contributed by atoms with Crippen LogP contribution in [0.4, 0.5) is 28.4 Å². The third-order valence-electron chi connectivity index (χ3n) is 24.2. The van der Waals surface area contributed by atoms with E-state index in [4.69, 9.17) is 9.47 Å². The smallest absolute Gasteiger partial charge is 0.0594 e. The molecule has 8 fully saturated rings. The van der Waals surface area contributed by atoms with E-state index >= 15 is 0 Å². The third-order valence-corrected chi connectivity index (χ3v) is 24.2. The number of piperazine rings is 3. The lowest BCUT2D eigenvalue weighted by Gasteiger charge is -2.41. The van der Waals surface area contributed by atoms with Crippen LogP contribution in [0.1, 0.15) is 229 Å². The van der Waals surface area contributed by atoms with Crippen molar-refractivity contribution in [3.05, 3.63) is 150 Å². The Morgan fingerprint density at radius 1 is 0.375 bits per heavy atom. The zero-order valence-corrected chi connectivity index (χ0v) is 72.9. The highest BCUT2D eigenvalue weighted by atomic mass is 16.5. The van der Waals surface area contributed by atoms with E-state index in [1.54, 1.807) is 7.11 Å². The Labute approximate surface area is 680 Å². The van der Waals surface area contributed by atoms with Gasteiger partial charge in [0, 0.05) is 193 Å². The Morgan fingerprint density at radius 2 is 0.705 bits per heavy atom. The van der Waals surface area contributed by atoms with Gasteiger partial charge in [-0.1, -0.05) is 102 Å². The van der Waals surface area contributed by atoms with Crippen molar-refractivity contribution < 1.29 is 9.47 Å². The van der Waals surface area contributed by atoms with E-state index < -0.39 is 0 Å². The first-order valence-corrected chi connectivity index (χ1v) is 44.0. The molecule has 0 amide bonds. The van der Waals surface area contributed by atoms with Crippen LogP contribution >= 0.6 is 0 Å². The minimum Gasteiger partial charge on any atom is -0.383 e. The maximum absolute atomic E-state index is 5.46. The number of aryl methyl sites for hydroxylation is 1. The minimum absolute atomic E-state index is 0.537. The Morgan fingerprint density at radius 3 is 1.04 bits per heavy atom. The number of methoxy groups -OCH3 is 1. The van der Waals surface area contributed by atoms with Crippen LogP contribution in [0.15, 0.2) is 111 Å². The number of rotatable bonds is 23. The van der Waals surface area contributed by atoms with Gasteiger partial charge >= 0.3 is 0 Å². The summed E-state index contributed by atoms with van der Waals surface area (Å²) in [4.78, 5) is 53.8. The molecule has 0 spiro atoms. The van der Waals surface area contributed by atoms with Gasteiger partial charge in [0.15, 0.2) is 0 Å². The lowest BCUT2D eigenvalue weighted by molar-refractivity contribution is 0.0115. The van der Waals surface area contributed by atoms with Gasteiger partial charge in [-0.15, -0.1) is 0 Å². The molecule has 13 heterocycles. The van der Waals surface area contributed by atoms with E-state index in [0.717, 1.165) is 142 Å². The molecule has 7 aliphatic heterocycles. The molecular weight excluding hydrogens is 1390 g/mol. The van der Waals surface area contributed by atoms with Crippen molar-refractivity contribution in [2.45, 2.75) is 208 Å². The highest BCUT2D eigenvalue weighted by Crippen LogP contribution is 2.32. The maximum Gasteiger partial charge on any atom is 0.0594 e. The fourth-order valence-electron chi connectivity index (χ4n) is 16.1. The van der Waals surface area contributed by atoms with E-state index in [2.05, 4.69) is 224 Å². The van der Waals surface area contributed by atoms with Crippen LogP contribution in [0.3, 0.4) is 0 Å². The summed E-state index contributed by atoms with van der Waals surface area (Å²) >= 11 is 0. The Hall–Kier alpha value is -6.42. The van der Waals surface area contributed by atoms with Crippen LogP contribution in [0.2, 0.25) is 0 Å². The monoisotopic (exact) mass is 1540 g/mol. The lowest BCUT2D eigenvalue weighted by Crippen LogP contribution is -2.49. The molecule has 620 valence electrons. The predicted molar refractivity (Wildman–Crippen MR) is 471 cm³/mol. The largest absolute Gasteiger partial charge is 0.383 e. The summed E-state index contributed by atoms with van der Waals surface area (Å²) in [5.74, 6) is 4.34. The zero-order valence-electron chi connectivity index (χ0n) is 72.9. The molecule has 1 aliphatic carbocycles. The number of morpholine rings is 1. The molecule has 112 heavy (non-hydrogen) atoms. The Bertz CT molecular complexity index is 3450. The van der Waals surface area contributed by atoms with E-state index in [1.807, 2.05) is 74.4 Å². The van der Waals surface area contributed by atoms with Crippen LogP contribution in [0, 0.1) is 5.92 Å². The molecule has 6 aromatic rings. The average Bonchev–Trinajstić information content (AvgIpc) is 0.987. The zero-order chi connectivity index (χ0) is 79.7. The van der Waals surface area contributed by atoms with Gasteiger partial charge in [0.25, 0.3) is 0 Å². The number of likely N-dealkylation sites (tertiary alicyclic amines) is 1. The minimum atomic E-state index is 0.537. The van der Waals surface area contributed by atoms with Crippen LogP contribution in [0.5, 0.6) is 0 Å². The number of likely N-dealkylation sites (N-methyl/N-ethyl adjacent to an activating group) is 1. The molecule has 7 saturated heterocycles. The van der Waals surface area contributed by atoms with Crippen LogP contribution in [-0.2, 0) is 15.9 Å². The number of aromatic nitrogens is 6. The van der Waals surface area contributed by atoms with E-state index in [9.17, 15) is 0 Å². The van der Waals surface area contributed by atoms with Crippen molar-refractivity contribution in [3.63, 3.8) is 0 Å². The number of nitrogens with zero attached hydrogens (tertiary/aromatic N) is 17. The van der Waals surface area contributed by atoms with E-state index in [0.29, 0.717) is 35.5 Å². The number of hydrogen-bond acceptors (Lipinski definition) is 19. The first kappa shape index (κ1) is 89.5. The molecular formula is C93H151N17O2. The first-order valence-electron chi connectivity index (χ1n) is 44.0. The summed E-state index contributed by atoms with van der Waals surface area (Å²) in [6.45, 7) is 59.4. The second-order valence-electron chi connectivity index (χ2n) is 35.0. The van der Waals surface area contributed by atoms with Gasteiger partial charge in [-0.2, -0.15) is 0 Å². The van der Waals surface area contributed by atoms with E-state index in [1.165, 1.54) is 190 Å². The Kier molecular flexibility index (Phi) is 38.0. The first-order chi connectivity index (χ1) is 54.2. The molecule has 0 radical (unpaired) electrons. The molecule has 0 N–H and O–H groups in total. The number of piperidine rings is 3. The van der Waals surface area contributed by atoms with Gasteiger partial charge in [0.1, 0.15) is 0 Å². The average molecular weight is 1540 g/mol. The normalized spacial score (nSPS) is 18.9. The second kappa shape index (κ2) is 47.6. The second-order valence-corrected chi connectivity index (χ2v) is 35.0. The van der Waals surface area contributed by atoms with Crippen LogP contribution in [0.25, 0.3) is 0 Å². The highest BCUT2D eigenvalue weighted by Gasteiger charge is 2.30. The van der Waals surface area contributed by atoms with Gasteiger partial charge in [0.2, 0.25) is 0 Å². The molecule has 0 atom stereocenters. The topological polar surface area (TPSA) is 131 Å². The summed E-state index contributed by atoms with van der Waals surface area (Å²) < 4.78 is 10.6. The highest BCUT2D eigenvalue weighted by molar-refractivity contribution is 5.51. The van der Waals surface area contributed by atoms with Crippen molar-refractivity contribution in [2.75, 3.05) is 223 Å². The van der Waals surface area contributed by atoms with Gasteiger partial charge in [-0.05, 0) is 215 Å². The van der Waals surface area contributed by atoms with Crippen molar-refractivity contribution in [1.29, 1.82) is 0 Å². The number of hydrogen-bond donors (Lipinski definition) is 0. The molecule has 19 heteroatoms. The Balaban J connectivity index is 0.000000155. The molecule has 14 rings (SSSR count). The van der Waals surface area contributed by atoms with Gasteiger partial charge in [0.05, 0.1) is 79.2 Å². The van der Waals surface area contributed by atoms with Crippen molar-refractivity contribution in [1.82, 2.24) is 59.3 Å². The number of pyridine rings is 6. The molecule has 6 aromatic heterocycles. The fraction of sp³-hybridized carbons (Fsp3) is 0.677. The lowest BCUT2D eigenvalue weighted by atomic mass is 9.99. The molecule has 1 saturated carbocycles.